The van der Waals surface area contributed by atoms with Gasteiger partial charge in [-0.15, -0.1) is 11.8 Å². The van der Waals surface area contributed by atoms with Gasteiger partial charge in [0.05, 0.1) is 28.3 Å². The quantitative estimate of drug-likeness (QED) is 0.472. The molecule has 0 aliphatic carbocycles. The molecule has 29 heavy (non-hydrogen) atoms. The number of amides is 1. The Morgan fingerprint density at radius 2 is 1.72 bits per heavy atom. The number of rotatable bonds is 3. The maximum absolute atomic E-state index is 13.3. The highest BCUT2D eigenvalue weighted by Crippen LogP contribution is 2.37. The predicted molar refractivity (Wildman–Crippen MR) is 116 cm³/mol. The van der Waals surface area contributed by atoms with Crippen molar-refractivity contribution in [2.75, 3.05) is 11.4 Å². The average molecular weight is 406 g/mol. The van der Waals surface area contributed by atoms with E-state index in [0.717, 1.165) is 22.7 Å². The maximum atomic E-state index is 13.3. The standard InChI is InChI=1S/C23H23N3O2S/c1-15-13-14-25(19-11-7-8-12-20(19)29-15)23(28)22(27)21-16(2)24-26(17(21)3)18-9-5-4-6-10-18/h4-12,15H,13-14H2,1-3H3. The zero-order valence-electron chi connectivity index (χ0n) is 16.8. The molecule has 1 aliphatic heterocycles. The van der Waals surface area contributed by atoms with Crippen molar-refractivity contribution in [1.82, 2.24) is 9.78 Å². The molecule has 0 fully saturated rings. The number of nitrogens with zero attached hydrogens (tertiary/aromatic N) is 3. The molecule has 1 unspecified atom stereocenters. The molecule has 1 amide bonds. The van der Waals surface area contributed by atoms with Crippen molar-refractivity contribution in [3.63, 3.8) is 0 Å². The lowest BCUT2D eigenvalue weighted by molar-refractivity contribution is -0.114. The Bertz CT molecular complexity index is 1070. The Kier molecular flexibility index (Phi) is 5.28. The molecule has 0 saturated carbocycles. The van der Waals surface area contributed by atoms with Crippen molar-refractivity contribution in [2.24, 2.45) is 0 Å². The second kappa shape index (κ2) is 7.87. The molecule has 0 spiro atoms. The number of hydrogen-bond donors (Lipinski definition) is 0. The van der Waals surface area contributed by atoms with Crippen LogP contribution in [0.25, 0.3) is 5.69 Å². The Hall–Kier alpha value is -2.86. The molecule has 0 bridgehead atoms. The highest BCUT2D eigenvalue weighted by molar-refractivity contribution is 8.00. The van der Waals surface area contributed by atoms with Crippen LogP contribution in [0.3, 0.4) is 0 Å². The summed E-state index contributed by atoms with van der Waals surface area (Å²) in [5, 5.41) is 4.91. The van der Waals surface area contributed by atoms with Gasteiger partial charge in [-0.25, -0.2) is 4.68 Å². The van der Waals surface area contributed by atoms with E-state index in [1.54, 1.807) is 28.3 Å². The van der Waals surface area contributed by atoms with Crippen LogP contribution in [-0.4, -0.2) is 33.3 Å². The van der Waals surface area contributed by atoms with E-state index in [4.69, 9.17) is 0 Å². The first-order valence-electron chi connectivity index (χ1n) is 9.71. The molecule has 4 rings (SSSR count). The number of aromatic nitrogens is 2. The van der Waals surface area contributed by atoms with E-state index in [2.05, 4.69) is 12.0 Å². The van der Waals surface area contributed by atoms with Gasteiger partial charge in [0.25, 0.3) is 11.7 Å². The van der Waals surface area contributed by atoms with E-state index in [-0.39, 0.29) is 0 Å². The van der Waals surface area contributed by atoms with Crippen molar-refractivity contribution in [2.45, 2.75) is 37.3 Å². The molecule has 1 atom stereocenters. The van der Waals surface area contributed by atoms with Crippen LogP contribution in [0.1, 0.15) is 35.1 Å². The fourth-order valence-corrected chi connectivity index (χ4v) is 4.83. The highest BCUT2D eigenvalue weighted by Gasteiger charge is 2.32. The van der Waals surface area contributed by atoms with E-state index < -0.39 is 11.7 Å². The molecule has 148 valence electrons. The summed E-state index contributed by atoms with van der Waals surface area (Å²) in [6.45, 7) is 6.29. The van der Waals surface area contributed by atoms with Gasteiger partial charge in [0.15, 0.2) is 0 Å². The first-order valence-corrected chi connectivity index (χ1v) is 10.6. The molecular formula is C23H23N3O2S. The minimum absolute atomic E-state index is 0.383. The number of thioether (sulfide) groups is 1. The van der Waals surface area contributed by atoms with Crippen molar-refractivity contribution < 1.29 is 9.59 Å². The zero-order valence-corrected chi connectivity index (χ0v) is 17.6. The number of carbonyl (C=O) groups is 2. The van der Waals surface area contributed by atoms with Gasteiger partial charge in [0.2, 0.25) is 0 Å². The molecular weight excluding hydrogens is 382 g/mol. The third-order valence-electron chi connectivity index (χ3n) is 5.20. The van der Waals surface area contributed by atoms with Crippen LogP contribution in [-0.2, 0) is 4.79 Å². The van der Waals surface area contributed by atoms with Crippen molar-refractivity contribution in [3.05, 3.63) is 71.5 Å². The Labute approximate surface area is 174 Å². The summed E-state index contributed by atoms with van der Waals surface area (Å²) in [5.41, 5.74) is 3.31. The lowest BCUT2D eigenvalue weighted by Gasteiger charge is -2.21. The summed E-state index contributed by atoms with van der Waals surface area (Å²) < 4.78 is 1.73. The van der Waals surface area contributed by atoms with Gasteiger partial charge < -0.3 is 4.90 Å². The van der Waals surface area contributed by atoms with Gasteiger partial charge in [-0.1, -0.05) is 37.3 Å². The van der Waals surface area contributed by atoms with Crippen LogP contribution >= 0.6 is 11.8 Å². The molecule has 2 aromatic carbocycles. The van der Waals surface area contributed by atoms with Crippen molar-refractivity contribution in [1.29, 1.82) is 0 Å². The molecule has 3 aromatic rings. The van der Waals surface area contributed by atoms with E-state index in [1.165, 1.54) is 0 Å². The van der Waals surface area contributed by atoms with Gasteiger partial charge in [-0.3, -0.25) is 9.59 Å². The number of carbonyl (C=O) groups excluding carboxylic acids is 2. The van der Waals surface area contributed by atoms with E-state index in [1.807, 2.05) is 61.5 Å². The van der Waals surface area contributed by atoms with E-state index >= 15 is 0 Å². The molecule has 2 heterocycles. The normalized spacial score (nSPS) is 16.2. The van der Waals surface area contributed by atoms with Gasteiger partial charge in [-0.2, -0.15) is 5.10 Å². The number of anilines is 1. The van der Waals surface area contributed by atoms with Crippen LogP contribution in [0.4, 0.5) is 5.69 Å². The van der Waals surface area contributed by atoms with Crippen LogP contribution in [0.2, 0.25) is 0 Å². The zero-order chi connectivity index (χ0) is 20.5. The Morgan fingerprint density at radius 1 is 1.03 bits per heavy atom. The number of Topliss-reactive ketones (excluding diaryl/α,β-unsaturated/α-hetero) is 1. The molecule has 6 heteroatoms. The summed E-state index contributed by atoms with van der Waals surface area (Å²) in [6, 6.07) is 17.4. The fraction of sp³-hybridized carbons (Fsp3) is 0.261. The minimum Gasteiger partial charge on any atom is -0.304 e. The molecule has 0 saturated heterocycles. The summed E-state index contributed by atoms with van der Waals surface area (Å²) in [6.07, 6.45) is 0.833. The maximum Gasteiger partial charge on any atom is 0.299 e. The second-order valence-corrected chi connectivity index (χ2v) is 8.74. The fourth-order valence-electron chi connectivity index (χ4n) is 3.72. The summed E-state index contributed by atoms with van der Waals surface area (Å²) in [5.74, 6) is -0.998. The van der Waals surface area contributed by atoms with Crippen LogP contribution in [0, 0.1) is 13.8 Å². The van der Waals surface area contributed by atoms with Crippen molar-refractivity contribution >= 4 is 29.1 Å². The number of benzene rings is 2. The number of hydrogen-bond acceptors (Lipinski definition) is 4. The highest BCUT2D eigenvalue weighted by atomic mass is 32.2. The first-order chi connectivity index (χ1) is 14.0. The van der Waals surface area contributed by atoms with Crippen LogP contribution in [0.5, 0.6) is 0 Å². The molecule has 1 aromatic heterocycles. The molecule has 1 aliphatic rings. The van der Waals surface area contributed by atoms with Gasteiger partial charge in [0, 0.05) is 16.7 Å². The minimum atomic E-state index is -0.503. The first kappa shape index (κ1) is 19.5. The van der Waals surface area contributed by atoms with Gasteiger partial charge in [-0.05, 0) is 44.5 Å². The average Bonchev–Trinajstić information content (AvgIpc) is 2.91. The SMILES string of the molecule is Cc1nn(-c2ccccc2)c(C)c1C(=O)C(=O)N1CCC(C)Sc2ccccc21. The van der Waals surface area contributed by atoms with E-state index in [0.29, 0.717) is 28.7 Å². The number of aryl methyl sites for hydroxylation is 1. The number of para-hydroxylation sites is 2. The number of ketones is 1. The number of fused-ring (bicyclic) bond motifs is 1. The smallest absolute Gasteiger partial charge is 0.299 e. The lowest BCUT2D eigenvalue weighted by atomic mass is 10.1. The third-order valence-corrected chi connectivity index (χ3v) is 6.44. The Balaban J connectivity index is 1.71. The molecule has 0 radical (unpaired) electrons. The topological polar surface area (TPSA) is 55.2 Å². The van der Waals surface area contributed by atoms with Gasteiger partial charge in [0.1, 0.15) is 0 Å². The molecule has 5 nitrogen and oxygen atoms in total. The van der Waals surface area contributed by atoms with Gasteiger partial charge >= 0.3 is 0 Å². The summed E-state index contributed by atoms with van der Waals surface area (Å²) >= 11 is 1.75. The largest absolute Gasteiger partial charge is 0.304 e. The lowest BCUT2D eigenvalue weighted by Crippen LogP contribution is -2.38. The molecule has 0 N–H and O–H groups in total. The predicted octanol–water partition coefficient (Wildman–Crippen LogP) is 4.59. The van der Waals surface area contributed by atoms with E-state index in [9.17, 15) is 9.59 Å². The van der Waals surface area contributed by atoms with Crippen LogP contribution < -0.4 is 4.90 Å². The monoisotopic (exact) mass is 405 g/mol. The second-order valence-electron chi connectivity index (χ2n) is 7.26. The summed E-state index contributed by atoms with van der Waals surface area (Å²) in [4.78, 5) is 29.2. The third kappa shape index (κ3) is 3.60. The van der Waals surface area contributed by atoms with Crippen LogP contribution in [0.15, 0.2) is 59.5 Å². The summed E-state index contributed by atoms with van der Waals surface area (Å²) in [7, 11) is 0. The van der Waals surface area contributed by atoms with Crippen molar-refractivity contribution in [3.8, 4) is 5.69 Å². The Morgan fingerprint density at radius 3 is 2.48 bits per heavy atom.